The van der Waals surface area contributed by atoms with E-state index in [1.807, 2.05) is 37.3 Å². The fraction of sp³-hybridized carbons (Fsp3) is 0.529. The predicted octanol–water partition coefficient (Wildman–Crippen LogP) is 3.38. The lowest BCUT2D eigenvalue weighted by Gasteiger charge is -2.28. The summed E-state index contributed by atoms with van der Waals surface area (Å²) in [4.78, 5) is 25.4. The van der Waals surface area contributed by atoms with E-state index in [2.05, 4.69) is 0 Å². The average molecular weight is 337 g/mol. The number of rotatable bonds is 9. The second kappa shape index (κ2) is 8.82. The van der Waals surface area contributed by atoms with Crippen LogP contribution in [0.1, 0.15) is 31.7 Å². The van der Waals surface area contributed by atoms with E-state index in [4.69, 9.17) is 4.74 Å². The van der Waals surface area contributed by atoms with E-state index in [9.17, 15) is 14.7 Å². The summed E-state index contributed by atoms with van der Waals surface area (Å²) >= 11 is 1.68. The summed E-state index contributed by atoms with van der Waals surface area (Å²) in [5.41, 5.74) is 0.894. The molecule has 1 aromatic carbocycles. The molecule has 1 fully saturated rings. The van der Waals surface area contributed by atoms with Gasteiger partial charge in [-0.1, -0.05) is 37.3 Å². The van der Waals surface area contributed by atoms with E-state index in [0.29, 0.717) is 6.42 Å². The molecule has 1 unspecified atom stereocenters. The minimum atomic E-state index is -0.953. The van der Waals surface area contributed by atoms with Crippen molar-refractivity contribution in [1.29, 1.82) is 0 Å². The Bertz CT molecular complexity index is 519. The number of thioether (sulfide) groups is 1. The first kappa shape index (κ1) is 17.7. The van der Waals surface area contributed by atoms with Gasteiger partial charge in [0.2, 0.25) is 0 Å². The average Bonchev–Trinajstić information content (AvgIpc) is 3.37. The van der Waals surface area contributed by atoms with Gasteiger partial charge in [0.1, 0.15) is 12.6 Å². The first-order valence-electron chi connectivity index (χ1n) is 7.93. The van der Waals surface area contributed by atoms with Gasteiger partial charge in [0, 0.05) is 6.04 Å². The van der Waals surface area contributed by atoms with Gasteiger partial charge in [-0.15, -0.1) is 0 Å². The molecule has 6 heteroatoms. The van der Waals surface area contributed by atoms with Crippen LogP contribution in [0.2, 0.25) is 0 Å². The fourth-order valence-electron chi connectivity index (χ4n) is 2.40. The molecule has 0 saturated heterocycles. The van der Waals surface area contributed by atoms with Crippen molar-refractivity contribution in [2.24, 2.45) is 0 Å². The number of carbonyl (C=O) groups excluding carboxylic acids is 1. The van der Waals surface area contributed by atoms with Crippen molar-refractivity contribution in [3.8, 4) is 0 Å². The molecule has 1 amide bonds. The second-order valence-corrected chi connectivity index (χ2v) is 6.91. The van der Waals surface area contributed by atoms with Gasteiger partial charge in [-0.2, -0.15) is 11.8 Å². The van der Waals surface area contributed by atoms with Gasteiger partial charge in [-0.25, -0.2) is 9.59 Å². The van der Waals surface area contributed by atoms with Crippen LogP contribution in [0.4, 0.5) is 4.79 Å². The van der Waals surface area contributed by atoms with Crippen molar-refractivity contribution in [1.82, 2.24) is 4.90 Å². The van der Waals surface area contributed by atoms with Crippen LogP contribution in [0.5, 0.6) is 0 Å². The Morgan fingerprint density at radius 3 is 2.61 bits per heavy atom. The number of carbonyl (C=O) groups is 2. The number of amides is 1. The zero-order valence-electron chi connectivity index (χ0n) is 13.3. The summed E-state index contributed by atoms with van der Waals surface area (Å²) in [7, 11) is 0. The molecule has 0 aliphatic heterocycles. The third-order valence-corrected chi connectivity index (χ3v) is 4.65. The van der Waals surface area contributed by atoms with Crippen molar-refractivity contribution >= 4 is 23.8 Å². The molecule has 5 nitrogen and oxygen atoms in total. The van der Waals surface area contributed by atoms with E-state index in [1.54, 1.807) is 11.8 Å². The zero-order chi connectivity index (χ0) is 16.7. The number of hydrogen-bond acceptors (Lipinski definition) is 4. The summed E-state index contributed by atoms with van der Waals surface area (Å²) in [6.45, 7) is 2.20. The summed E-state index contributed by atoms with van der Waals surface area (Å²) < 4.78 is 5.35. The SMILES string of the molecule is CCSCCC(C(=O)O)N(C(=O)OCc1ccccc1)C1CC1. The molecule has 1 atom stereocenters. The normalized spacial score (nSPS) is 15.0. The Morgan fingerprint density at radius 2 is 2.04 bits per heavy atom. The molecule has 0 heterocycles. The van der Waals surface area contributed by atoms with Gasteiger partial charge >= 0.3 is 12.1 Å². The molecule has 0 bridgehead atoms. The maximum Gasteiger partial charge on any atom is 0.411 e. The molecule has 2 rings (SSSR count). The highest BCUT2D eigenvalue weighted by Gasteiger charge is 2.41. The van der Waals surface area contributed by atoms with Crippen molar-refractivity contribution in [3.63, 3.8) is 0 Å². The minimum Gasteiger partial charge on any atom is -0.480 e. The standard InChI is InChI=1S/C17H23NO4S/c1-2-23-11-10-15(16(19)20)18(14-8-9-14)17(21)22-12-13-6-4-3-5-7-13/h3-7,14-15H,2,8-12H2,1H3,(H,19,20). The van der Waals surface area contributed by atoms with Crippen molar-refractivity contribution in [3.05, 3.63) is 35.9 Å². The molecule has 1 N–H and O–H groups in total. The number of benzene rings is 1. The largest absolute Gasteiger partial charge is 0.480 e. The van der Waals surface area contributed by atoms with Gasteiger partial charge in [0.15, 0.2) is 0 Å². The molecule has 0 aromatic heterocycles. The summed E-state index contributed by atoms with van der Waals surface area (Å²) in [6.07, 6.45) is 1.63. The Labute approximate surface area is 141 Å². The first-order valence-corrected chi connectivity index (χ1v) is 9.08. The maximum atomic E-state index is 12.4. The van der Waals surface area contributed by atoms with Crippen molar-refractivity contribution in [2.75, 3.05) is 11.5 Å². The van der Waals surface area contributed by atoms with Crippen molar-refractivity contribution < 1.29 is 19.4 Å². The number of aliphatic carboxylic acids is 1. The third kappa shape index (κ3) is 5.46. The molecule has 0 spiro atoms. The lowest BCUT2D eigenvalue weighted by Crippen LogP contribution is -2.47. The molecular formula is C17H23NO4S. The van der Waals surface area contributed by atoms with E-state index < -0.39 is 18.1 Å². The minimum absolute atomic E-state index is 0.00556. The van der Waals surface area contributed by atoms with Gasteiger partial charge in [0.25, 0.3) is 0 Å². The monoisotopic (exact) mass is 337 g/mol. The second-order valence-electron chi connectivity index (χ2n) is 5.52. The highest BCUT2D eigenvalue weighted by molar-refractivity contribution is 7.99. The summed E-state index contributed by atoms with van der Waals surface area (Å²) in [5.74, 6) is 0.710. The zero-order valence-corrected chi connectivity index (χ0v) is 14.1. The first-order chi connectivity index (χ1) is 11.1. The Hall–Kier alpha value is -1.69. The van der Waals surface area contributed by atoms with Crippen LogP contribution < -0.4 is 0 Å². The molecular weight excluding hydrogens is 314 g/mol. The Kier molecular flexibility index (Phi) is 6.77. The number of carboxylic acid groups (broad SMARTS) is 1. The highest BCUT2D eigenvalue weighted by atomic mass is 32.2. The van der Waals surface area contributed by atoms with Crippen LogP contribution in [-0.4, -0.2) is 45.7 Å². The lowest BCUT2D eigenvalue weighted by atomic mass is 10.2. The van der Waals surface area contributed by atoms with Crippen LogP contribution in [-0.2, 0) is 16.1 Å². The molecule has 126 valence electrons. The van der Waals surface area contributed by atoms with Crippen LogP contribution in [0.3, 0.4) is 0 Å². The van der Waals surface area contributed by atoms with Crippen LogP contribution in [0.15, 0.2) is 30.3 Å². The molecule has 0 radical (unpaired) electrons. The molecule has 1 aliphatic carbocycles. The maximum absolute atomic E-state index is 12.4. The number of hydrogen-bond donors (Lipinski definition) is 1. The van der Waals surface area contributed by atoms with Gasteiger partial charge in [0.05, 0.1) is 0 Å². The number of ether oxygens (including phenoxy) is 1. The predicted molar refractivity (Wildman–Crippen MR) is 90.5 cm³/mol. The summed E-state index contributed by atoms with van der Waals surface area (Å²) in [5, 5.41) is 9.50. The third-order valence-electron chi connectivity index (χ3n) is 3.72. The van der Waals surface area contributed by atoms with Gasteiger partial charge < -0.3 is 9.84 Å². The molecule has 1 aromatic rings. The smallest absolute Gasteiger partial charge is 0.411 e. The van der Waals surface area contributed by atoms with E-state index in [-0.39, 0.29) is 12.6 Å². The molecule has 1 aliphatic rings. The van der Waals surface area contributed by atoms with Gasteiger partial charge in [-0.3, -0.25) is 4.90 Å². The lowest BCUT2D eigenvalue weighted by molar-refractivity contribution is -0.143. The highest BCUT2D eigenvalue weighted by Crippen LogP contribution is 2.31. The summed E-state index contributed by atoms with van der Waals surface area (Å²) in [6, 6.07) is 8.61. The topological polar surface area (TPSA) is 66.8 Å². The van der Waals surface area contributed by atoms with Crippen LogP contribution >= 0.6 is 11.8 Å². The quantitative estimate of drug-likeness (QED) is 0.700. The van der Waals surface area contributed by atoms with Crippen LogP contribution in [0.25, 0.3) is 0 Å². The molecule has 1 saturated carbocycles. The van der Waals surface area contributed by atoms with E-state index >= 15 is 0 Å². The molecule has 23 heavy (non-hydrogen) atoms. The fourth-order valence-corrected chi connectivity index (χ4v) is 3.08. The Morgan fingerprint density at radius 1 is 1.35 bits per heavy atom. The van der Waals surface area contributed by atoms with Crippen molar-refractivity contribution in [2.45, 2.75) is 44.9 Å². The Balaban J connectivity index is 1.97. The number of nitrogens with zero attached hydrogens (tertiary/aromatic N) is 1. The number of carboxylic acids is 1. The van der Waals surface area contributed by atoms with Gasteiger partial charge in [-0.05, 0) is 36.3 Å². The van der Waals surface area contributed by atoms with E-state index in [1.165, 1.54) is 4.90 Å². The van der Waals surface area contributed by atoms with Crippen LogP contribution in [0, 0.1) is 0 Å². The van der Waals surface area contributed by atoms with E-state index in [0.717, 1.165) is 29.9 Å².